The van der Waals surface area contributed by atoms with E-state index in [1.807, 2.05) is 29.2 Å². The molecule has 0 aromatic heterocycles. The Morgan fingerprint density at radius 1 is 1.03 bits per heavy atom. The summed E-state index contributed by atoms with van der Waals surface area (Å²) < 4.78 is 13.2. The van der Waals surface area contributed by atoms with Gasteiger partial charge in [0.15, 0.2) is 0 Å². The number of hydrogen-bond acceptors (Lipinski definition) is 5. The number of piperazine rings is 1. The molecule has 0 spiro atoms. The summed E-state index contributed by atoms with van der Waals surface area (Å²) in [5.41, 5.74) is 2.84. The van der Waals surface area contributed by atoms with E-state index in [0.717, 1.165) is 5.69 Å². The van der Waals surface area contributed by atoms with Gasteiger partial charge in [0, 0.05) is 37.6 Å². The fourth-order valence-corrected chi connectivity index (χ4v) is 3.89. The van der Waals surface area contributed by atoms with Crippen molar-refractivity contribution in [2.45, 2.75) is 32.2 Å². The van der Waals surface area contributed by atoms with E-state index in [1.165, 1.54) is 17.7 Å². The molecule has 0 bridgehead atoms. The van der Waals surface area contributed by atoms with E-state index < -0.39 is 6.04 Å². The van der Waals surface area contributed by atoms with E-state index in [1.54, 1.807) is 12.1 Å². The number of carbonyl (C=O) groups is 2. The Hall–Kier alpha value is -3.42. The summed E-state index contributed by atoms with van der Waals surface area (Å²) in [6.07, 6.45) is 0.0228. The number of amides is 2. The lowest BCUT2D eigenvalue weighted by molar-refractivity contribution is -0.125. The van der Waals surface area contributed by atoms with Crippen molar-refractivity contribution < 1.29 is 14.0 Å². The van der Waals surface area contributed by atoms with Gasteiger partial charge in [0.25, 0.3) is 0 Å². The molecule has 2 amide bonds. The molecule has 2 aliphatic heterocycles. The Bertz CT molecular complexity index is 996. The molecule has 1 atom stereocenters. The number of nitrogens with zero attached hydrogens (tertiary/aromatic N) is 3. The van der Waals surface area contributed by atoms with Crippen molar-refractivity contribution in [3.8, 4) is 0 Å². The molecule has 2 aromatic carbocycles. The second-order valence-corrected chi connectivity index (χ2v) is 8.44. The van der Waals surface area contributed by atoms with Gasteiger partial charge in [-0.2, -0.15) is 0 Å². The number of carbonyl (C=O) groups excluding carboxylic acids is 2. The molecule has 1 fully saturated rings. The van der Waals surface area contributed by atoms with Crippen molar-refractivity contribution in [2.24, 2.45) is 4.99 Å². The summed E-state index contributed by atoms with van der Waals surface area (Å²) >= 11 is 0. The second kappa shape index (κ2) is 9.38. The molecule has 8 heteroatoms. The highest BCUT2D eigenvalue weighted by Gasteiger charge is 2.30. The van der Waals surface area contributed by atoms with E-state index in [0.29, 0.717) is 43.7 Å². The number of anilines is 2. The number of nitrogens with one attached hydrogen (secondary N) is 2. The van der Waals surface area contributed by atoms with Crippen LogP contribution >= 0.6 is 0 Å². The highest BCUT2D eigenvalue weighted by atomic mass is 19.1. The molecule has 2 aliphatic rings. The largest absolute Gasteiger partial charge is 0.368 e. The van der Waals surface area contributed by atoms with Crippen LogP contribution in [0, 0.1) is 5.82 Å². The monoisotopic (exact) mass is 437 g/mol. The van der Waals surface area contributed by atoms with Crippen molar-refractivity contribution in [3.63, 3.8) is 0 Å². The van der Waals surface area contributed by atoms with Crippen LogP contribution in [-0.4, -0.2) is 54.9 Å². The molecule has 168 valence electrons. The van der Waals surface area contributed by atoms with Crippen molar-refractivity contribution in [1.82, 2.24) is 10.2 Å². The summed E-state index contributed by atoms with van der Waals surface area (Å²) in [6, 6.07) is 13.4. The quantitative estimate of drug-likeness (QED) is 0.771. The maximum Gasteiger partial charge on any atom is 0.249 e. The molecule has 2 aromatic rings. The summed E-state index contributed by atoms with van der Waals surface area (Å²) in [5.74, 6) is 0.0884. The van der Waals surface area contributed by atoms with Crippen LogP contribution < -0.4 is 15.5 Å². The minimum atomic E-state index is -0.765. The third kappa shape index (κ3) is 5.07. The first-order valence-corrected chi connectivity index (χ1v) is 10.9. The van der Waals surface area contributed by atoms with E-state index >= 15 is 0 Å². The first-order valence-electron chi connectivity index (χ1n) is 10.9. The van der Waals surface area contributed by atoms with Crippen molar-refractivity contribution >= 4 is 29.1 Å². The Labute approximate surface area is 187 Å². The van der Waals surface area contributed by atoms with Gasteiger partial charge in [0.1, 0.15) is 11.9 Å². The number of rotatable bonds is 4. The summed E-state index contributed by atoms with van der Waals surface area (Å²) in [7, 11) is 0. The Kier molecular flexibility index (Phi) is 6.39. The molecule has 0 saturated carbocycles. The fourth-order valence-electron chi connectivity index (χ4n) is 3.89. The van der Waals surface area contributed by atoms with Crippen LogP contribution in [0.15, 0.2) is 53.5 Å². The van der Waals surface area contributed by atoms with Gasteiger partial charge >= 0.3 is 0 Å². The molecule has 7 nitrogen and oxygen atoms in total. The lowest BCUT2D eigenvalue weighted by atomic mass is 10.0. The van der Waals surface area contributed by atoms with Crippen LogP contribution in [0.25, 0.3) is 0 Å². The molecule has 2 heterocycles. The smallest absolute Gasteiger partial charge is 0.249 e. The summed E-state index contributed by atoms with van der Waals surface area (Å²) in [6.45, 7) is 6.93. The second-order valence-electron chi connectivity index (χ2n) is 8.44. The zero-order valence-electron chi connectivity index (χ0n) is 18.3. The lowest BCUT2D eigenvalue weighted by Gasteiger charge is -2.38. The lowest BCUT2D eigenvalue weighted by Crippen LogP contribution is -2.56. The van der Waals surface area contributed by atoms with Crippen molar-refractivity contribution in [3.05, 3.63) is 59.9 Å². The van der Waals surface area contributed by atoms with Crippen LogP contribution in [0.3, 0.4) is 0 Å². The van der Waals surface area contributed by atoms with Gasteiger partial charge in [-0.15, -0.1) is 0 Å². The number of hydrogen-bond donors (Lipinski definition) is 2. The minimum absolute atomic E-state index is 0.0228. The van der Waals surface area contributed by atoms with E-state index in [9.17, 15) is 14.0 Å². The van der Waals surface area contributed by atoms with E-state index in [-0.39, 0.29) is 24.1 Å². The fraction of sp³-hybridized carbons (Fsp3) is 0.375. The van der Waals surface area contributed by atoms with Crippen molar-refractivity contribution in [1.29, 1.82) is 0 Å². The summed E-state index contributed by atoms with van der Waals surface area (Å²) in [5, 5.41) is 5.68. The molecule has 2 N–H and O–H groups in total. The minimum Gasteiger partial charge on any atom is -0.368 e. The first kappa shape index (κ1) is 21.8. The highest BCUT2D eigenvalue weighted by Crippen LogP contribution is 2.20. The van der Waals surface area contributed by atoms with E-state index in [2.05, 4.69) is 34.4 Å². The van der Waals surface area contributed by atoms with Crippen LogP contribution in [-0.2, 0) is 9.59 Å². The molecular weight excluding hydrogens is 409 g/mol. The molecular formula is C24H28FN5O2. The zero-order valence-corrected chi connectivity index (χ0v) is 18.3. The van der Waals surface area contributed by atoms with Crippen LogP contribution in [0.1, 0.15) is 31.7 Å². The SMILES string of the molecule is CC(C)c1ccc(NC(=O)[C@H]2CC(=O)NC(N3CCN(c4ccc(F)cc4)CC3)=N2)cc1. The third-order valence-electron chi connectivity index (χ3n) is 5.83. The summed E-state index contributed by atoms with van der Waals surface area (Å²) in [4.78, 5) is 33.7. The van der Waals surface area contributed by atoms with Gasteiger partial charge in [-0.3, -0.25) is 14.9 Å². The molecule has 32 heavy (non-hydrogen) atoms. The first-order chi connectivity index (χ1) is 15.4. The number of halogens is 1. The maximum atomic E-state index is 13.2. The molecule has 0 aliphatic carbocycles. The van der Waals surface area contributed by atoms with Gasteiger partial charge in [0.05, 0.1) is 6.42 Å². The predicted octanol–water partition coefficient (Wildman–Crippen LogP) is 2.95. The number of guanidine groups is 1. The Morgan fingerprint density at radius 3 is 2.28 bits per heavy atom. The highest BCUT2D eigenvalue weighted by molar-refractivity contribution is 6.06. The van der Waals surface area contributed by atoms with E-state index in [4.69, 9.17) is 0 Å². The normalized spacial score (nSPS) is 18.9. The predicted molar refractivity (Wildman–Crippen MR) is 123 cm³/mol. The maximum absolute atomic E-state index is 13.2. The molecule has 4 rings (SSSR count). The average Bonchev–Trinajstić information content (AvgIpc) is 2.79. The average molecular weight is 438 g/mol. The standard InChI is InChI=1S/C24H28FN5O2/c1-16(2)17-3-7-19(8-4-17)26-23(32)21-15-22(31)28-24(27-21)30-13-11-29(12-14-30)20-9-5-18(25)6-10-20/h3-10,16,21H,11-15H2,1-2H3,(H,26,32)(H,27,28,31)/t21-/m1/s1. The number of benzene rings is 2. The van der Waals surface area contributed by atoms with Gasteiger partial charge in [-0.25, -0.2) is 9.38 Å². The van der Waals surface area contributed by atoms with Crippen molar-refractivity contribution in [2.75, 3.05) is 36.4 Å². The molecule has 0 radical (unpaired) electrons. The Morgan fingerprint density at radius 2 is 1.66 bits per heavy atom. The van der Waals surface area contributed by atoms with Crippen LogP contribution in [0.5, 0.6) is 0 Å². The Balaban J connectivity index is 1.39. The topological polar surface area (TPSA) is 77.0 Å². The van der Waals surface area contributed by atoms with Crippen LogP contribution in [0.4, 0.5) is 15.8 Å². The third-order valence-corrected chi connectivity index (χ3v) is 5.83. The van der Waals surface area contributed by atoms with Gasteiger partial charge in [-0.1, -0.05) is 26.0 Å². The van der Waals surface area contributed by atoms with Gasteiger partial charge in [0.2, 0.25) is 17.8 Å². The molecule has 1 saturated heterocycles. The van der Waals surface area contributed by atoms with Gasteiger partial charge < -0.3 is 15.1 Å². The van der Waals surface area contributed by atoms with Gasteiger partial charge in [-0.05, 0) is 47.9 Å². The number of aliphatic imine (C=N–C) groups is 1. The molecule has 0 unspecified atom stereocenters. The zero-order chi connectivity index (χ0) is 22.7. The van der Waals surface area contributed by atoms with Crippen LogP contribution in [0.2, 0.25) is 0 Å².